The maximum Gasteiger partial charge on any atom is 0.410 e. The summed E-state index contributed by atoms with van der Waals surface area (Å²) < 4.78 is 26.0. The lowest BCUT2D eigenvalue weighted by molar-refractivity contribution is 0.0292. The number of primary amides is 1. The largest absolute Gasteiger partial charge is 0.457 e. The second-order valence-corrected chi connectivity index (χ2v) is 10.1. The molecule has 192 valence electrons. The standard InChI is InChI=1S/C27H28FN5O4/c1-27(2,3)37-26(35)32-13-12-17(15-32)21-14-30-33-23(24(29)34)22(31-25(21)33)16-4-8-19(9-5-16)36-20-10-6-18(28)7-11-20/h4-11,14,17,30H,12-13,15H2,1-3H3,(H2,29,34). The summed E-state index contributed by atoms with van der Waals surface area (Å²) in [7, 11) is 0. The molecule has 1 saturated heterocycles. The summed E-state index contributed by atoms with van der Waals surface area (Å²) in [6.45, 7) is 6.59. The molecule has 3 heterocycles. The van der Waals surface area contributed by atoms with E-state index in [-0.39, 0.29) is 23.5 Å². The molecule has 9 nitrogen and oxygen atoms in total. The first kappa shape index (κ1) is 24.4. The van der Waals surface area contributed by atoms with Crippen LogP contribution in [0.5, 0.6) is 11.5 Å². The zero-order valence-electron chi connectivity index (χ0n) is 20.8. The van der Waals surface area contributed by atoms with E-state index in [0.717, 1.165) is 12.0 Å². The SMILES string of the molecule is CC(C)(C)OC(=O)N1CCC(c2c[nH]n3c(C(N)=O)c(-c4ccc(Oc5ccc(F)cc5)cc4)nc23)C1. The number of nitrogens with zero attached hydrogens (tertiary/aromatic N) is 3. The molecule has 2 aromatic carbocycles. The van der Waals surface area contributed by atoms with Gasteiger partial charge >= 0.3 is 6.09 Å². The smallest absolute Gasteiger partial charge is 0.410 e. The highest BCUT2D eigenvalue weighted by Crippen LogP contribution is 2.34. The fraction of sp³-hybridized carbons (Fsp3) is 0.296. The van der Waals surface area contributed by atoms with Crippen LogP contribution in [0.4, 0.5) is 9.18 Å². The van der Waals surface area contributed by atoms with Crippen molar-refractivity contribution < 1.29 is 23.5 Å². The number of amides is 2. The molecule has 1 aliphatic rings. The second-order valence-electron chi connectivity index (χ2n) is 10.1. The molecule has 1 atom stereocenters. The van der Waals surface area contributed by atoms with E-state index in [0.29, 0.717) is 41.5 Å². The van der Waals surface area contributed by atoms with Crippen molar-refractivity contribution in [3.63, 3.8) is 0 Å². The van der Waals surface area contributed by atoms with Crippen molar-refractivity contribution in [3.05, 3.63) is 71.8 Å². The lowest BCUT2D eigenvalue weighted by Gasteiger charge is -2.24. The minimum atomic E-state index is -0.621. The summed E-state index contributed by atoms with van der Waals surface area (Å²) in [5.41, 5.74) is 8.03. The van der Waals surface area contributed by atoms with Gasteiger partial charge in [-0.3, -0.25) is 9.89 Å². The molecule has 1 aliphatic heterocycles. The quantitative estimate of drug-likeness (QED) is 0.392. The number of carbonyl (C=O) groups excluding carboxylic acids is 2. The number of likely N-dealkylation sites (tertiary alicyclic amines) is 1. The second kappa shape index (κ2) is 9.27. The topological polar surface area (TPSA) is 115 Å². The van der Waals surface area contributed by atoms with Gasteiger partial charge in [0, 0.05) is 36.3 Å². The van der Waals surface area contributed by atoms with Crippen LogP contribution in [0.3, 0.4) is 0 Å². The average molecular weight is 506 g/mol. The van der Waals surface area contributed by atoms with Crippen molar-refractivity contribution in [1.29, 1.82) is 0 Å². The first-order valence-electron chi connectivity index (χ1n) is 12.0. The number of hydrogen-bond acceptors (Lipinski definition) is 5. The van der Waals surface area contributed by atoms with Crippen molar-refractivity contribution in [2.75, 3.05) is 13.1 Å². The summed E-state index contributed by atoms with van der Waals surface area (Å²) >= 11 is 0. The molecule has 0 spiro atoms. The average Bonchev–Trinajstić information content (AvgIpc) is 3.55. The predicted octanol–water partition coefficient (Wildman–Crippen LogP) is 5.08. The molecule has 3 N–H and O–H groups in total. The monoisotopic (exact) mass is 505 g/mol. The molecule has 37 heavy (non-hydrogen) atoms. The number of hydrogen-bond donors (Lipinski definition) is 2. The van der Waals surface area contributed by atoms with E-state index >= 15 is 0 Å². The van der Waals surface area contributed by atoms with Crippen LogP contribution in [-0.2, 0) is 4.74 Å². The third-order valence-electron chi connectivity index (χ3n) is 6.18. The van der Waals surface area contributed by atoms with E-state index in [1.54, 1.807) is 52.0 Å². The van der Waals surface area contributed by atoms with Gasteiger partial charge in [-0.2, -0.15) is 0 Å². The van der Waals surface area contributed by atoms with E-state index in [2.05, 4.69) is 5.10 Å². The molecule has 4 aromatic rings. The van der Waals surface area contributed by atoms with E-state index in [1.165, 1.54) is 12.1 Å². The number of H-pyrrole nitrogens is 1. The third-order valence-corrected chi connectivity index (χ3v) is 6.18. The van der Waals surface area contributed by atoms with Gasteiger partial charge in [-0.1, -0.05) is 0 Å². The molecule has 0 bridgehead atoms. The Morgan fingerprint density at radius 2 is 1.73 bits per heavy atom. The normalized spacial score (nSPS) is 15.8. The van der Waals surface area contributed by atoms with Crippen LogP contribution >= 0.6 is 0 Å². The van der Waals surface area contributed by atoms with Crippen molar-refractivity contribution in [1.82, 2.24) is 19.5 Å². The fourth-order valence-electron chi connectivity index (χ4n) is 4.49. The third kappa shape index (κ3) is 5.00. The Kier molecular flexibility index (Phi) is 6.10. The van der Waals surface area contributed by atoms with Gasteiger partial charge in [0.25, 0.3) is 5.91 Å². The van der Waals surface area contributed by atoms with E-state index < -0.39 is 11.5 Å². The minimum Gasteiger partial charge on any atom is -0.457 e. The molecular formula is C27H28FN5O4. The van der Waals surface area contributed by atoms with Crippen LogP contribution in [0.25, 0.3) is 16.9 Å². The number of nitrogens with one attached hydrogen (secondary N) is 1. The van der Waals surface area contributed by atoms with Gasteiger partial charge in [-0.15, -0.1) is 0 Å². The Bertz CT molecular complexity index is 1450. The summed E-state index contributed by atoms with van der Waals surface area (Å²) in [6.07, 6.45) is 2.21. The van der Waals surface area contributed by atoms with Crippen molar-refractivity contribution >= 4 is 17.6 Å². The van der Waals surface area contributed by atoms with E-state index in [4.69, 9.17) is 20.2 Å². The number of benzene rings is 2. The molecule has 10 heteroatoms. The van der Waals surface area contributed by atoms with Gasteiger partial charge in [0.2, 0.25) is 0 Å². The zero-order chi connectivity index (χ0) is 26.3. The predicted molar refractivity (Wildman–Crippen MR) is 135 cm³/mol. The van der Waals surface area contributed by atoms with Crippen LogP contribution in [-0.4, -0.2) is 50.2 Å². The Balaban J connectivity index is 1.40. The van der Waals surface area contributed by atoms with Crippen molar-refractivity contribution in [2.24, 2.45) is 5.73 Å². The highest BCUT2D eigenvalue weighted by Gasteiger charge is 2.33. The number of aromatic amines is 1. The first-order valence-corrected chi connectivity index (χ1v) is 12.0. The number of fused-ring (bicyclic) bond motifs is 1. The summed E-state index contributed by atoms with van der Waals surface area (Å²) in [5.74, 6) is 0.123. The number of halogens is 1. The molecule has 0 radical (unpaired) electrons. The van der Waals surface area contributed by atoms with Gasteiger partial charge < -0.3 is 20.1 Å². The molecule has 2 aromatic heterocycles. The zero-order valence-corrected chi connectivity index (χ0v) is 20.8. The molecular weight excluding hydrogens is 477 g/mol. The minimum absolute atomic E-state index is 0.0312. The summed E-state index contributed by atoms with van der Waals surface area (Å²) in [4.78, 5) is 31.4. The first-order chi connectivity index (χ1) is 17.6. The van der Waals surface area contributed by atoms with E-state index in [9.17, 15) is 14.0 Å². The van der Waals surface area contributed by atoms with Crippen molar-refractivity contribution in [2.45, 2.75) is 38.7 Å². The molecule has 1 fully saturated rings. The Morgan fingerprint density at radius 3 is 2.35 bits per heavy atom. The van der Waals surface area contributed by atoms with Crippen LogP contribution in [0.15, 0.2) is 54.7 Å². The number of ether oxygens (including phenoxy) is 2. The lowest BCUT2D eigenvalue weighted by Crippen LogP contribution is -2.35. The molecule has 2 amide bonds. The van der Waals surface area contributed by atoms with Crippen LogP contribution < -0.4 is 10.5 Å². The summed E-state index contributed by atoms with van der Waals surface area (Å²) in [6, 6.07) is 12.8. The Morgan fingerprint density at radius 1 is 1.08 bits per heavy atom. The lowest BCUT2D eigenvalue weighted by atomic mass is 10.0. The molecule has 0 aliphatic carbocycles. The van der Waals surface area contributed by atoms with Gasteiger partial charge in [0.15, 0.2) is 11.3 Å². The van der Waals surface area contributed by atoms with E-state index in [1.807, 2.05) is 20.8 Å². The Hall–Kier alpha value is -4.34. The molecule has 5 rings (SSSR count). The number of nitrogens with two attached hydrogens (primary N) is 1. The maximum atomic E-state index is 13.1. The van der Waals surface area contributed by atoms with Crippen LogP contribution in [0.1, 0.15) is 49.2 Å². The fourth-order valence-corrected chi connectivity index (χ4v) is 4.49. The van der Waals surface area contributed by atoms with Gasteiger partial charge in [-0.25, -0.2) is 18.7 Å². The maximum absolute atomic E-state index is 13.1. The van der Waals surface area contributed by atoms with Crippen LogP contribution in [0.2, 0.25) is 0 Å². The molecule has 0 saturated carbocycles. The molecule has 1 unspecified atom stereocenters. The van der Waals surface area contributed by atoms with Crippen LogP contribution in [0, 0.1) is 5.82 Å². The van der Waals surface area contributed by atoms with Crippen molar-refractivity contribution in [3.8, 4) is 22.8 Å². The van der Waals surface area contributed by atoms with Gasteiger partial charge in [0.1, 0.15) is 28.6 Å². The number of aromatic nitrogens is 3. The number of imidazole rings is 1. The number of carbonyl (C=O) groups is 2. The number of rotatable bonds is 5. The highest BCUT2D eigenvalue weighted by atomic mass is 19.1. The van der Waals surface area contributed by atoms with Gasteiger partial charge in [0.05, 0.1) is 0 Å². The van der Waals surface area contributed by atoms with Gasteiger partial charge in [-0.05, 0) is 75.7 Å². The Labute approximate surface area is 213 Å². The summed E-state index contributed by atoms with van der Waals surface area (Å²) in [5, 5.41) is 3.10. The highest BCUT2D eigenvalue weighted by molar-refractivity contribution is 5.98.